The van der Waals surface area contributed by atoms with Crippen molar-refractivity contribution in [3.8, 4) is 0 Å². The van der Waals surface area contributed by atoms with E-state index in [1.165, 1.54) is 12.1 Å². The number of nitrogens with zero attached hydrogens (tertiary/aromatic N) is 3. The minimum absolute atomic E-state index is 0.0309. The lowest BCUT2D eigenvalue weighted by Crippen LogP contribution is -2.36. The molecule has 2 aromatic rings. The maximum atomic E-state index is 12.7. The molecule has 6 heteroatoms. The summed E-state index contributed by atoms with van der Waals surface area (Å²) in [6.45, 7) is 4.39. The van der Waals surface area contributed by atoms with E-state index in [0.717, 1.165) is 5.56 Å². The van der Waals surface area contributed by atoms with Crippen molar-refractivity contribution in [3.05, 3.63) is 58.1 Å². The predicted molar refractivity (Wildman–Crippen MR) is 83.5 cm³/mol. The van der Waals surface area contributed by atoms with Crippen molar-refractivity contribution in [2.24, 2.45) is 0 Å². The minimum Gasteiger partial charge on any atom is -0.332 e. The Morgan fingerprint density at radius 1 is 1.29 bits per heavy atom. The summed E-state index contributed by atoms with van der Waals surface area (Å²) in [5.74, 6) is -0.139. The first-order valence-electron chi connectivity index (χ1n) is 6.50. The van der Waals surface area contributed by atoms with Gasteiger partial charge in [-0.2, -0.15) is 0 Å². The second kappa shape index (κ2) is 6.87. The van der Waals surface area contributed by atoms with E-state index < -0.39 is 0 Å². The molecule has 0 aliphatic rings. The Labute approximate surface area is 133 Å². The van der Waals surface area contributed by atoms with Gasteiger partial charge in [-0.3, -0.25) is 9.78 Å². The Kier molecular flexibility index (Phi) is 5.15. The maximum absolute atomic E-state index is 12.7. The number of pyridine rings is 2. The average Bonchev–Trinajstić information content (AvgIpc) is 2.44. The van der Waals surface area contributed by atoms with E-state index in [0.29, 0.717) is 12.1 Å². The van der Waals surface area contributed by atoms with Crippen LogP contribution >= 0.6 is 23.2 Å². The monoisotopic (exact) mass is 323 g/mol. The van der Waals surface area contributed by atoms with Gasteiger partial charge in [0.1, 0.15) is 10.3 Å². The maximum Gasteiger partial charge on any atom is 0.254 e. The lowest BCUT2D eigenvalue weighted by molar-refractivity contribution is 0.0690. The van der Waals surface area contributed by atoms with E-state index in [4.69, 9.17) is 23.2 Å². The Morgan fingerprint density at radius 3 is 2.48 bits per heavy atom. The molecule has 110 valence electrons. The predicted octanol–water partition coefficient (Wildman–Crippen LogP) is 3.83. The molecule has 0 bridgehead atoms. The Balaban J connectivity index is 2.27. The zero-order valence-electron chi connectivity index (χ0n) is 11.8. The summed E-state index contributed by atoms with van der Waals surface area (Å²) in [6, 6.07) is 6.85. The number of carbonyl (C=O) groups is 1. The Morgan fingerprint density at radius 2 is 1.95 bits per heavy atom. The van der Waals surface area contributed by atoms with Crippen molar-refractivity contribution in [2.75, 3.05) is 0 Å². The largest absolute Gasteiger partial charge is 0.332 e. The molecule has 0 aliphatic carbocycles. The molecule has 2 rings (SSSR count). The van der Waals surface area contributed by atoms with Gasteiger partial charge in [-0.15, -0.1) is 0 Å². The van der Waals surface area contributed by atoms with E-state index in [-0.39, 0.29) is 22.3 Å². The standard InChI is InChI=1S/C15H15Cl2N3O/c1-10(2)20(9-11-4-3-5-18-8-11)15(21)12-6-13(16)19-14(17)7-12/h3-8,10H,9H2,1-2H3. The van der Waals surface area contributed by atoms with Gasteiger partial charge in [0.2, 0.25) is 0 Å². The summed E-state index contributed by atoms with van der Waals surface area (Å²) >= 11 is 11.7. The van der Waals surface area contributed by atoms with Crippen molar-refractivity contribution in [1.82, 2.24) is 14.9 Å². The third-order valence-corrected chi connectivity index (χ3v) is 3.36. The average molecular weight is 324 g/mol. The van der Waals surface area contributed by atoms with Crippen LogP contribution < -0.4 is 0 Å². The van der Waals surface area contributed by atoms with E-state index >= 15 is 0 Å². The third-order valence-electron chi connectivity index (χ3n) is 2.97. The van der Waals surface area contributed by atoms with Crippen molar-refractivity contribution in [1.29, 1.82) is 0 Å². The molecule has 0 fully saturated rings. The molecule has 1 amide bonds. The molecule has 2 aromatic heterocycles. The molecule has 0 radical (unpaired) electrons. The highest BCUT2D eigenvalue weighted by atomic mass is 35.5. The number of halogens is 2. The SMILES string of the molecule is CC(C)N(Cc1cccnc1)C(=O)c1cc(Cl)nc(Cl)c1. The molecule has 0 saturated heterocycles. The summed E-state index contributed by atoms with van der Waals surface area (Å²) in [7, 11) is 0. The summed E-state index contributed by atoms with van der Waals surface area (Å²) in [5, 5.41) is 0.409. The number of aromatic nitrogens is 2. The number of rotatable bonds is 4. The number of carbonyl (C=O) groups excluding carboxylic acids is 1. The van der Waals surface area contributed by atoms with Crippen LogP contribution in [0.2, 0.25) is 10.3 Å². The van der Waals surface area contributed by atoms with Gasteiger partial charge in [-0.25, -0.2) is 4.98 Å². The topological polar surface area (TPSA) is 46.1 Å². The zero-order valence-corrected chi connectivity index (χ0v) is 13.3. The van der Waals surface area contributed by atoms with Crippen LogP contribution in [0.1, 0.15) is 29.8 Å². The van der Waals surface area contributed by atoms with Crippen LogP contribution in [0, 0.1) is 0 Å². The van der Waals surface area contributed by atoms with Crippen molar-refractivity contribution in [3.63, 3.8) is 0 Å². The molecule has 0 N–H and O–H groups in total. The Hall–Kier alpha value is -1.65. The van der Waals surface area contributed by atoms with Crippen molar-refractivity contribution in [2.45, 2.75) is 26.4 Å². The first-order chi connectivity index (χ1) is 9.97. The zero-order chi connectivity index (χ0) is 15.4. The molecule has 4 nitrogen and oxygen atoms in total. The number of hydrogen-bond donors (Lipinski definition) is 0. The summed E-state index contributed by atoms with van der Waals surface area (Å²) in [6.07, 6.45) is 3.45. The first kappa shape index (κ1) is 15.7. The number of hydrogen-bond acceptors (Lipinski definition) is 3. The van der Waals surface area contributed by atoms with Gasteiger partial charge in [0.05, 0.1) is 0 Å². The third kappa shape index (κ3) is 4.16. The first-order valence-corrected chi connectivity index (χ1v) is 7.26. The lowest BCUT2D eigenvalue weighted by Gasteiger charge is -2.27. The highest BCUT2D eigenvalue weighted by molar-refractivity contribution is 6.33. The molecule has 21 heavy (non-hydrogen) atoms. The minimum atomic E-state index is -0.139. The highest BCUT2D eigenvalue weighted by Gasteiger charge is 2.20. The molecular weight excluding hydrogens is 309 g/mol. The lowest BCUT2D eigenvalue weighted by atomic mass is 10.1. The van der Waals surface area contributed by atoms with Crippen LogP contribution in [0.3, 0.4) is 0 Å². The van der Waals surface area contributed by atoms with Gasteiger partial charge in [0, 0.05) is 30.5 Å². The van der Waals surface area contributed by atoms with E-state index in [2.05, 4.69) is 9.97 Å². The van der Waals surface area contributed by atoms with Crippen LogP contribution in [-0.4, -0.2) is 26.8 Å². The smallest absolute Gasteiger partial charge is 0.254 e. The fourth-order valence-electron chi connectivity index (χ4n) is 1.93. The van der Waals surface area contributed by atoms with Crippen LogP contribution in [0.15, 0.2) is 36.7 Å². The fourth-order valence-corrected chi connectivity index (χ4v) is 2.39. The fraction of sp³-hybridized carbons (Fsp3) is 0.267. The summed E-state index contributed by atoms with van der Waals surface area (Å²) < 4.78 is 0. The molecule has 0 aromatic carbocycles. The molecule has 2 heterocycles. The number of amides is 1. The van der Waals surface area contributed by atoms with Gasteiger partial charge in [0.25, 0.3) is 5.91 Å². The van der Waals surface area contributed by atoms with Gasteiger partial charge in [-0.1, -0.05) is 29.3 Å². The summed E-state index contributed by atoms with van der Waals surface area (Å²) in [5.41, 5.74) is 1.39. The van der Waals surface area contributed by atoms with E-state index in [9.17, 15) is 4.79 Å². The van der Waals surface area contributed by atoms with Crippen LogP contribution in [0.5, 0.6) is 0 Å². The van der Waals surface area contributed by atoms with E-state index in [1.807, 2.05) is 26.0 Å². The normalized spacial score (nSPS) is 10.7. The quantitative estimate of drug-likeness (QED) is 0.803. The van der Waals surface area contributed by atoms with Crippen molar-refractivity contribution >= 4 is 29.1 Å². The van der Waals surface area contributed by atoms with Gasteiger partial charge in [-0.05, 0) is 37.6 Å². The van der Waals surface area contributed by atoms with Crippen LogP contribution in [0.25, 0.3) is 0 Å². The molecule has 0 unspecified atom stereocenters. The molecule has 0 spiro atoms. The molecule has 0 atom stereocenters. The summed E-state index contributed by atoms with van der Waals surface area (Å²) in [4.78, 5) is 22.3. The second-order valence-corrected chi connectivity index (χ2v) is 5.66. The Bertz CT molecular complexity index is 612. The molecule has 0 aliphatic heterocycles. The van der Waals surface area contributed by atoms with Gasteiger partial charge in [0.15, 0.2) is 0 Å². The van der Waals surface area contributed by atoms with Crippen LogP contribution in [0.4, 0.5) is 0 Å². The van der Waals surface area contributed by atoms with E-state index in [1.54, 1.807) is 17.3 Å². The molecular formula is C15H15Cl2N3O. The van der Waals surface area contributed by atoms with Crippen LogP contribution in [-0.2, 0) is 6.54 Å². The van der Waals surface area contributed by atoms with Gasteiger partial charge < -0.3 is 4.90 Å². The second-order valence-electron chi connectivity index (χ2n) is 4.89. The van der Waals surface area contributed by atoms with Gasteiger partial charge >= 0.3 is 0 Å². The molecule has 0 saturated carbocycles. The highest BCUT2D eigenvalue weighted by Crippen LogP contribution is 2.18. The van der Waals surface area contributed by atoms with Crippen molar-refractivity contribution < 1.29 is 4.79 Å².